The zero-order valence-electron chi connectivity index (χ0n) is 7.40. The number of thiophene rings is 1. The molecule has 68 valence electrons. The molecule has 2 rings (SSSR count). The molecule has 0 aliphatic carbocycles. The van der Waals surface area contributed by atoms with Crippen LogP contribution < -0.4 is 0 Å². The van der Waals surface area contributed by atoms with Crippen LogP contribution in [0.5, 0.6) is 0 Å². The minimum atomic E-state index is 0.957. The van der Waals surface area contributed by atoms with Crippen LogP contribution in [-0.4, -0.2) is 0 Å². The molecule has 0 N–H and O–H groups in total. The van der Waals surface area contributed by atoms with Crippen molar-refractivity contribution in [2.24, 2.45) is 0 Å². The highest BCUT2D eigenvalue weighted by atomic mass is 32.1. The van der Waals surface area contributed by atoms with Gasteiger partial charge in [-0.2, -0.15) is 0 Å². The van der Waals surface area contributed by atoms with Crippen LogP contribution in [0.4, 0.5) is 0 Å². The van der Waals surface area contributed by atoms with Crippen LogP contribution in [0.1, 0.15) is 11.1 Å². The van der Waals surface area contributed by atoms with E-state index in [1.54, 1.807) is 11.3 Å². The zero-order chi connectivity index (χ0) is 9.80. The summed E-state index contributed by atoms with van der Waals surface area (Å²) < 4.78 is 0. The Hall–Kier alpha value is -1.17. The monoisotopic (exact) mass is 216 g/mol. The van der Waals surface area contributed by atoms with Gasteiger partial charge in [0.15, 0.2) is 0 Å². The Morgan fingerprint density at radius 3 is 2.43 bits per heavy atom. The summed E-state index contributed by atoms with van der Waals surface area (Å²) in [7, 11) is 0. The van der Waals surface area contributed by atoms with Gasteiger partial charge in [-0.3, -0.25) is 0 Å². The predicted molar refractivity (Wildman–Crippen MR) is 64.0 cm³/mol. The molecular weight excluding hydrogens is 208 g/mol. The van der Waals surface area contributed by atoms with E-state index in [0.717, 1.165) is 16.0 Å². The molecule has 14 heavy (non-hydrogen) atoms. The summed E-state index contributed by atoms with van der Waals surface area (Å²) in [5.74, 6) is 6.19. The molecule has 0 saturated heterocycles. The van der Waals surface area contributed by atoms with Gasteiger partial charge >= 0.3 is 0 Å². The van der Waals surface area contributed by atoms with E-state index in [1.807, 2.05) is 41.1 Å². The SMILES string of the molecule is Sc1cscc1C#Cc1ccccc1. The molecular formula is C12H8S2. The van der Waals surface area contributed by atoms with Crippen molar-refractivity contribution in [3.63, 3.8) is 0 Å². The average Bonchev–Trinajstić information content (AvgIpc) is 2.63. The Morgan fingerprint density at radius 2 is 1.79 bits per heavy atom. The van der Waals surface area contributed by atoms with E-state index in [4.69, 9.17) is 0 Å². The van der Waals surface area contributed by atoms with Gasteiger partial charge in [-0.05, 0) is 12.1 Å². The number of hydrogen-bond acceptors (Lipinski definition) is 2. The Morgan fingerprint density at radius 1 is 1.00 bits per heavy atom. The lowest BCUT2D eigenvalue weighted by Gasteiger charge is -1.87. The normalized spacial score (nSPS) is 9.21. The highest BCUT2D eigenvalue weighted by molar-refractivity contribution is 7.80. The molecule has 0 fully saturated rings. The van der Waals surface area contributed by atoms with Crippen LogP contribution >= 0.6 is 24.0 Å². The van der Waals surface area contributed by atoms with Crippen molar-refractivity contribution in [2.75, 3.05) is 0 Å². The highest BCUT2D eigenvalue weighted by Gasteiger charge is 1.93. The van der Waals surface area contributed by atoms with E-state index >= 15 is 0 Å². The smallest absolute Gasteiger partial charge is 0.0489 e. The van der Waals surface area contributed by atoms with Gasteiger partial charge in [-0.1, -0.05) is 30.0 Å². The molecule has 0 bridgehead atoms. The second-order valence-electron chi connectivity index (χ2n) is 2.79. The van der Waals surface area contributed by atoms with E-state index in [1.165, 1.54) is 0 Å². The molecule has 1 heterocycles. The highest BCUT2D eigenvalue weighted by Crippen LogP contribution is 2.17. The maximum atomic E-state index is 4.30. The molecule has 0 aliphatic heterocycles. The molecule has 2 heteroatoms. The first-order valence-electron chi connectivity index (χ1n) is 4.18. The van der Waals surface area contributed by atoms with Crippen molar-refractivity contribution in [3.05, 3.63) is 52.2 Å². The van der Waals surface area contributed by atoms with Crippen LogP contribution in [0, 0.1) is 11.8 Å². The molecule has 0 unspecified atom stereocenters. The Balaban J connectivity index is 2.28. The molecule has 1 aromatic carbocycles. The molecule has 0 saturated carbocycles. The summed E-state index contributed by atoms with van der Waals surface area (Å²) in [6.07, 6.45) is 0. The number of thiol groups is 1. The number of rotatable bonds is 0. The summed E-state index contributed by atoms with van der Waals surface area (Å²) in [6.45, 7) is 0. The Kier molecular flexibility index (Phi) is 2.93. The lowest BCUT2D eigenvalue weighted by Crippen LogP contribution is -1.72. The van der Waals surface area contributed by atoms with Gasteiger partial charge < -0.3 is 0 Å². The van der Waals surface area contributed by atoms with E-state index < -0.39 is 0 Å². The van der Waals surface area contributed by atoms with Gasteiger partial charge in [0.1, 0.15) is 0 Å². The lowest BCUT2D eigenvalue weighted by molar-refractivity contribution is 1.54. The first-order chi connectivity index (χ1) is 6.86. The Labute approximate surface area is 93.0 Å². The molecule has 0 aliphatic rings. The third-order valence-corrected chi connectivity index (χ3v) is 3.05. The molecule has 1 aromatic heterocycles. The zero-order valence-corrected chi connectivity index (χ0v) is 9.11. The fourth-order valence-corrected chi connectivity index (χ4v) is 2.08. The third-order valence-electron chi connectivity index (χ3n) is 1.76. The first kappa shape index (κ1) is 9.39. The topological polar surface area (TPSA) is 0 Å². The quantitative estimate of drug-likeness (QED) is 0.506. The van der Waals surface area contributed by atoms with Crippen molar-refractivity contribution in [3.8, 4) is 11.8 Å². The summed E-state index contributed by atoms with van der Waals surface area (Å²) in [5.41, 5.74) is 2.04. The molecule has 0 amide bonds. The summed E-state index contributed by atoms with van der Waals surface area (Å²) in [6, 6.07) is 9.95. The molecule has 0 atom stereocenters. The van der Waals surface area contributed by atoms with Crippen LogP contribution in [0.3, 0.4) is 0 Å². The van der Waals surface area contributed by atoms with Crippen LogP contribution in [0.25, 0.3) is 0 Å². The van der Waals surface area contributed by atoms with Gasteiger partial charge in [0.2, 0.25) is 0 Å². The third kappa shape index (κ3) is 2.20. The fourth-order valence-electron chi connectivity index (χ4n) is 1.04. The molecule has 2 aromatic rings. The van der Waals surface area contributed by atoms with Crippen LogP contribution in [0.15, 0.2) is 46.0 Å². The number of hydrogen-bond donors (Lipinski definition) is 1. The lowest BCUT2D eigenvalue weighted by atomic mass is 10.2. The maximum absolute atomic E-state index is 4.30. The summed E-state index contributed by atoms with van der Waals surface area (Å²) in [5, 5.41) is 4.00. The second-order valence-corrected chi connectivity index (χ2v) is 4.01. The molecule has 0 spiro atoms. The maximum Gasteiger partial charge on any atom is 0.0489 e. The fraction of sp³-hybridized carbons (Fsp3) is 0. The predicted octanol–water partition coefficient (Wildman–Crippen LogP) is 3.44. The average molecular weight is 216 g/mol. The number of benzene rings is 1. The first-order valence-corrected chi connectivity index (χ1v) is 5.57. The van der Waals surface area contributed by atoms with Crippen LogP contribution in [0.2, 0.25) is 0 Å². The van der Waals surface area contributed by atoms with Gasteiger partial charge in [-0.15, -0.1) is 24.0 Å². The van der Waals surface area contributed by atoms with Gasteiger partial charge in [-0.25, -0.2) is 0 Å². The van der Waals surface area contributed by atoms with Gasteiger partial charge in [0.25, 0.3) is 0 Å². The van der Waals surface area contributed by atoms with Crippen molar-refractivity contribution in [1.29, 1.82) is 0 Å². The van der Waals surface area contributed by atoms with Crippen LogP contribution in [-0.2, 0) is 0 Å². The minimum absolute atomic E-state index is 0.957. The van der Waals surface area contributed by atoms with Crippen molar-refractivity contribution in [1.82, 2.24) is 0 Å². The van der Waals surface area contributed by atoms with Gasteiger partial charge in [0.05, 0.1) is 0 Å². The van der Waals surface area contributed by atoms with E-state index in [-0.39, 0.29) is 0 Å². The van der Waals surface area contributed by atoms with E-state index in [0.29, 0.717) is 0 Å². The minimum Gasteiger partial charge on any atom is -0.150 e. The molecule has 0 radical (unpaired) electrons. The Bertz CT molecular complexity index is 472. The second kappa shape index (κ2) is 4.36. The molecule has 0 nitrogen and oxygen atoms in total. The van der Waals surface area contributed by atoms with Crippen molar-refractivity contribution < 1.29 is 0 Å². The van der Waals surface area contributed by atoms with Crippen molar-refractivity contribution >= 4 is 24.0 Å². The van der Waals surface area contributed by atoms with E-state index in [9.17, 15) is 0 Å². The largest absolute Gasteiger partial charge is 0.150 e. The van der Waals surface area contributed by atoms with Crippen molar-refractivity contribution in [2.45, 2.75) is 4.90 Å². The van der Waals surface area contributed by atoms with E-state index in [2.05, 4.69) is 24.5 Å². The summed E-state index contributed by atoms with van der Waals surface area (Å²) in [4.78, 5) is 0.957. The standard InChI is InChI=1S/C12H8S2/c13-12-9-14-8-11(12)7-6-10-4-2-1-3-5-10/h1-5,8-9,13H. The van der Waals surface area contributed by atoms with Gasteiger partial charge in [0, 0.05) is 26.8 Å². The summed E-state index contributed by atoms with van der Waals surface area (Å²) >= 11 is 5.93.